The minimum atomic E-state index is -1.71. The van der Waals surface area contributed by atoms with Gasteiger partial charge in [-0.1, -0.05) is 24.3 Å². The highest BCUT2D eigenvalue weighted by molar-refractivity contribution is 5.95. The van der Waals surface area contributed by atoms with Crippen molar-refractivity contribution in [1.29, 1.82) is 0 Å². The van der Waals surface area contributed by atoms with Gasteiger partial charge >= 0.3 is 23.9 Å². The molecule has 0 amide bonds. The molecular weight excluding hydrogens is 620 g/mol. The van der Waals surface area contributed by atoms with Crippen molar-refractivity contribution in [2.75, 3.05) is 13.7 Å². The van der Waals surface area contributed by atoms with E-state index in [9.17, 15) is 39.6 Å². The number of carbonyl (C=O) groups is 4. The van der Waals surface area contributed by atoms with Crippen molar-refractivity contribution in [2.24, 2.45) is 11.8 Å². The van der Waals surface area contributed by atoms with Crippen molar-refractivity contribution in [3.8, 4) is 5.75 Å². The zero-order chi connectivity index (χ0) is 34.0. The molecule has 0 saturated carbocycles. The first-order chi connectivity index (χ1) is 22.3. The number of rotatable bonds is 9. The Morgan fingerprint density at radius 1 is 1.11 bits per heavy atom. The lowest BCUT2D eigenvalue weighted by molar-refractivity contribution is -0.318. The van der Waals surface area contributed by atoms with Crippen LogP contribution in [0.5, 0.6) is 5.75 Å². The Balaban J connectivity index is 1.38. The maximum Gasteiger partial charge on any atom is 0.338 e. The quantitative estimate of drug-likeness (QED) is 0.125. The zero-order valence-electron chi connectivity index (χ0n) is 25.8. The summed E-state index contributed by atoms with van der Waals surface area (Å²) in [5, 5.41) is 41.1. The van der Waals surface area contributed by atoms with Crippen LogP contribution in [0.1, 0.15) is 25.8 Å². The van der Waals surface area contributed by atoms with E-state index in [1.54, 1.807) is 30.4 Å². The second-order valence-corrected chi connectivity index (χ2v) is 11.6. The maximum atomic E-state index is 13.2. The topological polar surface area (TPSA) is 205 Å². The van der Waals surface area contributed by atoms with Crippen LogP contribution in [0.15, 0.2) is 65.8 Å². The number of phenols is 1. The highest BCUT2D eigenvalue weighted by atomic mass is 16.7. The number of allylic oxidation sites excluding steroid dienone is 1. The molecule has 5 rings (SSSR count). The van der Waals surface area contributed by atoms with Gasteiger partial charge in [-0.25, -0.2) is 14.4 Å². The third kappa shape index (κ3) is 7.01. The number of aromatic hydroxyl groups is 1. The first-order valence-electron chi connectivity index (χ1n) is 14.9. The molecule has 1 spiro atoms. The van der Waals surface area contributed by atoms with E-state index in [1.807, 2.05) is 0 Å². The number of aliphatic hydroxyl groups excluding tert-OH is 3. The molecule has 47 heavy (non-hydrogen) atoms. The number of fused-ring (bicyclic) bond motifs is 2. The number of esters is 4. The van der Waals surface area contributed by atoms with E-state index < -0.39 is 90.8 Å². The third-order valence-electron chi connectivity index (χ3n) is 8.57. The van der Waals surface area contributed by atoms with Gasteiger partial charge in [0.05, 0.1) is 18.8 Å². The predicted octanol–water partition coefficient (Wildman–Crippen LogP) is 0.620. The number of aliphatic hydroxyl groups is 3. The second-order valence-electron chi connectivity index (χ2n) is 11.6. The van der Waals surface area contributed by atoms with E-state index in [2.05, 4.69) is 0 Å². The molecule has 0 bridgehead atoms. The number of benzene rings is 1. The van der Waals surface area contributed by atoms with Crippen molar-refractivity contribution < 1.29 is 68.0 Å². The third-order valence-corrected chi connectivity index (χ3v) is 8.57. The van der Waals surface area contributed by atoms with Crippen LogP contribution in [-0.4, -0.2) is 107 Å². The fraction of sp³-hybridized carbons (Fsp3) is 0.455. The maximum absolute atomic E-state index is 13.2. The summed E-state index contributed by atoms with van der Waals surface area (Å²) in [6.45, 7) is 2.25. The van der Waals surface area contributed by atoms with Crippen LogP contribution < -0.4 is 0 Å². The van der Waals surface area contributed by atoms with Crippen LogP contribution >= 0.6 is 0 Å². The monoisotopic (exact) mass is 656 g/mol. The summed E-state index contributed by atoms with van der Waals surface area (Å²) in [6.07, 6.45) is -0.547. The van der Waals surface area contributed by atoms with Gasteiger partial charge in [-0.2, -0.15) is 0 Å². The van der Waals surface area contributed by atoms with Crippen LogP contribution in [0, 0.1) is 11.8 Å². The molecule has 1 saturated heterocycles. The van der Waals surface area contributed by atoms with Gasteiger partial charge in [0.25, 0.3) is 0 Å². The molecule has 0 radical (unpaired) electrons. The lowest BCUT2D eigenvalue weighted by Crippen LogP contribution is -2.61. The molecule has 2 aliphatic heterocycles. The SMILES string of the molecule is COC(=O)C1=CCC(OC2OC(COC(C)=O)C(O)C(O)C2O)C2C1C=CC21C=C(C(C)OC(=O)C=Cc2ccc(O)cc2)C(=O)O1. The fourth-order valence-corrected chi connectivity index (χ4v) is 6.23. The minimum absolute atomic E-state index is 0.0449. The molecule has 0 aromatic heterocycles. The Morgan fingerprint density at radius 3 is 2.51 bits per heavy atom. The first kappa shape index (κ1) is 34.0. The van der Waals surface area contributed by atoms with Crippen LogP contribution in [0.3, 0.4) is 0 Å². The van der Waals surface area contributed by atoms with E-state index in [0.717, 1.165) is 6.92 Å². The predicted molar refractivity (Wildman–Crippen MR) is 159 cm³/mol. The van der Waals surface area contributed by atoms with Gasteiger partial charge in [0.15, 0.2) is 11.9 Å². The van der Waals surface area contributed by atoms with Gasteiger partial charge in [0.2, 0.25) is 0 Å². The number of hydrogen-bond acceptors (Lipinski definition) is 14. The van der Waals surface area contributed by atoms with Crippen LogP contribution in [0.2, 0.25) is 0 Å². The zero-order valence-corrected chi connectivity index (χ0v) is 25.8. The van der Waals surface area contributed by atoms with Gasteiger partial charge in [-0.05, 0) is 49.3 Å². The highest BCUT2D eigenvalue weighted by Gasteiger charge is 2.58. The van der Waals surface area contributed by atoms with Crippen molar-refractivity contribution >= 4 is 30.0 Å². The van der Waals surface area contributed by atoms with Crippen molar-refractivity contribution in [2.45, 2.75) is 68.8 Å². The van der Waals surface area contributed by atoms with E-state index in [4.69, 9.17) is 28.4 Å². The van der Waals surface area contributed by atoms with E-state index in [-0.39, 0.29) is 23.3 Å². The van der Waals surface area contributed by atoms with Crippen molar-refractivity contribution in [1.82, 2.24) is 0 Å². The van der Waals surface area contributed by atoms with Gasteiger partial charge in [-0.3, -0.25) is 4.79 Å². The Hall–Kier alpha value is -4.34. The van der Waals surface area contributed by atoms with Gasteiger partial charge < -0.3 is 48.8 Å². The van der Waals surface area contributed by atoms with E-state index >= 15 is 0 Å². The standard InChI is InChI=1S/C33H36O14/c1-16(44-25(36)11-6-18-4-7-19(35)8-5-18)22-14-33(47-31(22)41)13-12-20-21(30(40)42-3)9-10-23(26(20)33)45-32-29(39)28(38)27(37)24(46-32)15-43-17(2)34/h4-9,11-14,16,20,23-24,26-29,32,35,37-39H,10,15H2,1-3H3. The molecule has 2 aliphatic carbocycles. The van der Waals surface area contributed by atoms with E-state index in [0.29, 0.717) is 5.56 Å². The van der Waals surface area contributed by atoms with Crippen LogP contribution in [0.25, 0.3) is 6.08 Å². The summed E-state index contributed by atoms with van der Waals surface area (Å²) in [4.78, 5) is 49.9. The molecule has 4 aliphatic rings. The van der Waals surface area contributed by atoms with Gasteiger partial charge in [-0.15, -0.1) is 0 Å². The van der Waals surface area contributed by atoms with Gasteiger partial charge in [0.1, 0.15) is 42.9 Å². The summed E-state index contributed by atoms with van der Waals surface area (Å²) in [5.74, 6) is -4.15. The molecule has 1 aromatic rings. The Labute approximate surface area is 269 Å². The average molecular weight is 657 g/mol. The number of ether oxygens (including phenoxy) is 6. The number of methoxy groups -OCH3 is 1. The first-order valence-corrected chi connectivity index (χ1v) is 14.9. The summed E-state index contributed by atoms with van der Waals surface area (Å²) in [7, 11) is 1.23. The van der Waals surface area contributed by atoms with Crippen LogP contribution in [0.4, 0.5) is 0 Å². The lowest BCUT2D eigenvalue weighted by Gasteiger charge is -2.45. The summed E-state index contributed by atoms with van der Waals surface area (Å²) < 4.78 is 33.2. The smallest absolute Gasteiger partial charge is 0.338 e. The molecule has 2 heterocycles. The summed E-state index contributed by atoms with van der Waals surface area (Å²) >= 11 is 0. The molecule has 4 N–H and O–H groups in total. The highest BCUT2D eigenvalue weighted by Crippen LogP contribution is 2.51. The van der Waals surface area contributed by atoms with E-state index in [1.165, 1.54) is 44.4 Å². The number of carbonyl (C=O) groups excluding carboxylic acids is 4. The molecular formula is C33H36O14. The molecule has 14 heteroatoms. The second kappa shape index (κ2) is 13.8. The summed E-state index contributed by atoms with van der Waals surface area (Å²) in [5.41, 5.74) is -0.496. The Kier molecular flexibility index (Phi) is 9.98. The lowest BCUT2D eigenvalue weighted by atomic mass is 9.72. The molecule has 1 aromatic carbocycles. The normalized spacial score (nSPS) is 33.5. The van der Waals surface area contributed by atoms with Gasteiger partial charge in [0, 0.05) is 30.4 Å². The average Bonchev–Trinajstić information content (AvgIpc) is 3.59. The number of phenolic OH excluding ortho intramolecular Hbond substituents is 1. The minimum Gasteiger partial charge on any atom is -0.508 e. The molecule has 10 unspecified atom stereocenters. The molecule has 10 atom stereocenters. The number of hydrogen-bond donors (Lipinski definition) is 4. The molecule has 252 valence electrons. The Morgan fingerprint density at radius 2 is 1.83 bits per heavy atom. The molecule has 1 fully saturated rings. The van der Waals surface area contributed by atoms with Crippen LogP contribution in [-0.2, 0) is 47.6 Å². The largest absolute Gasteiger partial charge is 0.508 e. The van der Waals surface area contributed by atoms with Crippen molar-refractivity contribution in [3.05, 3.63) is 71.4 Å². The summed E-state index contributed by atoms with van der Waals surface area (Å²) in [6, 6.07) is 6.13. The fourth-order valence-electron chi connectivity index (χ4n) is 6.23. The Bertz CT molecular complexity index is 1510. The molecule has 14 nitrogen and oxygen atoms in total. The van der Waals surface area contributed by atoms with Crippen molar-refractivity contribution in [3.63, 3.8) is 0 Å².